The third-order valence-electron chi connectivity index (χ3n) is 4.11. The molecule has 0 amide bonds. The van der Waals surface area contributed by atoms with Crippen molar-refractivity contribution in [2.24, 2.45) is 5.92 Å². The van der Waals surface area contributed by atoms with E-state index in [-0.39, 0.29) is 23.3 Å². The molecule has 3 rings (SSSR count). The Hall–Kier alpha value is -2.97. The number of rotatable bonds is 4. The molecule has 25 heavy (non-hydrogen) atoms. The fraction of sp³-hybridized carbons (Fsp3) is 0.375. The van der Waals surface area contributed by atoms with Crippen molar-refractivity contribution in [1.29, 1.82) is 0 Å². The number of benzene rings is 1. The number of nitro groups is 1. The van der Waals surface area contributed by atoms with Gasteiger partial charge in [0.15, 0.2) is 0 Å². The summed E-state index contributed by atoms with van der Waals surface area (Å²) in [5.41, 5.74) is 5.96. The topological polar surface area (TPSA) is 110 Å². The van der Waals surface area contributed by atoms with Crippen molar-refractivity contribution < 1.29 is 9.31 Å². The highest BCUT2D eigenvalue weighted by molar-refractivity contribution is 5.72. The van der Waals surface area contributed by atoms with Gasteiger partial charge in [-0.25, -0.2) is 4.39 Å². The number of anilines is 4. The maximum Gasteiger partial charge on any atom is 0.353 e. The fourth-order valence-corrected chi connectivity index (χ4v) is 2.99. The highest BCUT2D eigenvalue weighted by atomic mass is 19.1. The molecule has 0 radical (unpaired) electrons. The smallest absolute Gasteiger partial charge is 0.353 e. The van der Waals surface area contributed by atoms with Crippen LogP contribution < -0.4 is 16.0 Å². The maximum atomic E-state index is 13.3. The first-order chi connectivity index (χ1) is 11.9. The van der Waals surface area contributed by atoms with Crippen LogP contribution in [0, 0.1) is 21.8 Å². The van der Waals surface area contributed by atoms with Crippen molar-refractivity contribution in [2.75, 3.05) is 29.0 Å². The van der Waals surface area contributed by atoms with Crippen molar-refractivity contribution in [3.05, 3.63) is 40.2 Å². The first-order valence-electron chi connectivity index (χ1n) is 8.03. The van der Waals surface area contributed by atoms with Gasteiger partial charge in [0.2, 0.25) is 17.6 Å². The Morgan fingerprint density at radius 2 is 2.24 bits per heavy atom. The molecule has 1 atom stereocenters. The lowest BCUT2D eigenvalue weighted by atomic mass is 10.0. The van der Waals surface area contributed by atoms with Crippen molar-refractivity contribution in [2.45, 2.75) is 19.8 Å². The molecule has 1 aliphatic heterocycles. The van der Waals surface area contributed by atoms with Crippen LogP contribution in [0.15, 0.2) is 24.3 Å². The number of nitrogen functional groups attached to an aromatic ring is 1. The normalized spacial score (nSPS) is 17.4. The van der Waals surface area contributed by atoms with Crippen LogP contribution in [0.3, 0.4) is 0 Å². The zero-order valence-electron chi connectivity index (χ0n) is 13.8. The molecule has 1 aliphatic rings. The lowest BCUT2D eigenvalue weighted by Gasteiger charge is -2.31. The second-order valence-corrected chi connectivity index (χ2v) is 6.19. The van der Waals surface area contributed by atoms with Crippen LogP contribution in [-0.4, -0.2) is 28.0 Å². The van der Waals surface area contributed by atoms with E-state index in [9.17, 15) is 14.5 Å². The van der Waals surface area contributed by atoms with Crippen LogP contribution in [0.4, 0.5) is 33.3 Å². The van der Waals surface area contributed by atoms with E-state index in [4.69, 9.17) is 5.73 Å². The largest absolute Gasteiger partial charge is 0.378 e. The summed E-state index contributed by atoms with van der Waals surface area (Å²) in [6, 6.07) is 5.78. The number of nitrogens with one attached hydrogen (secondary N) is 1. The van der Waals surface area contributed by atoms with Gasteiger partial charge in [0, 0.05) is 18.8 Å². The number of hydrogen-bond donors (Lipinski definition) is 2. The molecule has 2 heterocycles. The Labute approximate surface area is 144 Å². The van der Waals surface area contributed by atoms with E-state index in [1.54, 1.807) is 12.1 Å². The van der Waals surface area contributed by atoms with Crippen molar-refractivity contribution in [3.63, 3.8) is 0 Å². The lowest BCUT2D eigenvalue weighted by molar-refractivity contribution is -0.383. The summed E-state index contributed by atoms with van der Waals surface area (Å²) in [6.07, 6.45) is 1.99. The first kappa shape index (κ1) is 16.9. The van der Waals surface area contributed by atoms with Gasteiger partial charge >= 0.3 is 5.69 Å². The van der Waals surface area contributed by atoms with Gasteiger partial charge in [-0.05, 0) is 37.0 Å². The lowest BCUT2D eigenvalue weighted by Crippen LogP contribution is -2.35. The van der Waals surface area contributed by atoms with Crippen LogP contribution in [0.5, 0.6) is 0 Å². The molecule has 0 spiro atoms. The third-order valence-corrected chi connectivity index (χ3v) is 4.11. The summed E-state index contributed by atoms with van der Waals surface area (Å²) < 4.78 is 13.3. The average molecular weight is 346 g/mol. The van der Waals surface area contributed by atoms with Gasteiger partial charge in [-0.15, -0.1) is 0 Å². The van der Waals surface area contributed by atoms with Gasteiger partial charge in [0.25, 0.3) is 0 Å². The average Bonchev–Trinajstić information content (AvgIpc) is 2.54. The van der Waals surface area contributed by atoms with E-state index in [1.165, 1.54) is 12.1 Å². The predicted molar refractivity (Wildman–Crippen MR) is 93.4 cm³/mol. The molecule has 9 heteroatoms. The monoisotopic (exact) mass is 346 g/mol. The number of nitrogens with two attached hydrogens (primary N) is 1. The second-order valence-electron chi connectivity index (χ2n) is 6.19. The van der Waals surface area contributed by atoms with Crippen molar-refractivity contribution >= 4 is 29.0 Å². The van der Waals surface area contributed by atoms with E-state index >= 15 is 0 Å². The molecule has 0 bridgehead atoms. The number of piperidine rings is 1. The molecule has 1 fully saturated rings. The van der Waals surface area contributed by atoms with Gasteiger partial charge < -0.3 is 16.0 Å². The molecule has 132 valence electrons. The van der Waals surface area contributed by atoms with Crippen LogP contribution in [0.25, 0.3) is 0 Å². The molecule has 3 N–H and O–H groups in total. The van der Waals surface area contributed by atoms with Gasteiger partial charge in [0.1, 0.15) is 5.82 Å². The second kappa shape index (κ2) is 6.88. The summed E-state index contributed by atoms with van der Waals surface area (Å²) >= 11 is 0. The highest BCUT2D eigenvalue weighted by Gasteiger charge is 2.29. The minimum atomic E-state index is -0.560. The van der Waals surface area contributed by atoms with Crippen LogP contribution in [0.1, 0.15) is 19.8 Å². The van der Waals surface area contributed by atoms with Gasteiger partial charge in [-0.2, -0.15) is 9.97 Å². The van der Waals surface area contributed by atoms with Crippen LogP contribution >= 0.6 is 0 Å². The van der Waals surface area contributed by atoms with Gasteiger partial charge in [-0.3, -0.25) is 10.1 Å². The molecule has 1 aromatic carbocycles. The fourth-order valence-electron chi connectivity index (χ4n) is 2.99. The van der Waals surface area contributed by atoms with E-state index in [2.05, 4.69) is 22.2 Å². The summed E-state index contributed by atoms with van der Waals surface area (Å²) in [6.45, 7) is 3.42. The molecule has 1 saturated heterocycles. The summed E-state index contributed by atoms with van der Waals surface area (Å²) in [4.78, 5) is 21.0. The minimum absolute atomic E-state index is 0.0990. The Bertz CT molecular complexity index is 800. The molecular weight excluding hydrogens is 327 g/mol. The van der Waals surface area contributed by atoms with Gasteiger partial charge in [-0.1, -0.05) is 13.0 Å². The van der Waals surface area contributed by atoms with Crippen molar-refractivity contribution in [1.82, 2.24) is 9.97 Å². The highest BCUT2D eigenvalue weighted by Crippen LogP contribution is 2.34. The number of aromatic nitrogens is 2. The SMILES string of the molecule is C[C@H]1CCCN(c2nc(Nc3cccc(F)c3)nc(N)c2[N+](=O)[O-])C1. The zero-order valence-corrected chi connectivity index (χ0v) is 13.8. The summed E-state index contributed by atoms with van der Waals surface area (Å²) in [7, 11) is 0. The Balaban J connectivity index is 1.99. The maximum absolute atomic E-state index is 13.3. The summed E-state index contributed by atoms with van der Waals surface area (Å²) in [5.74, 6) is 0.0751. The standard InChI is InChI=1S/C16H19FN6O2/c1-10-4-3-7-22(9-10)15-13(23(24)25)14(18)20-16(21-15)19-12-6-2-5-11(17)8-12/h2,5-6,8,10H,3-4,7,9H2,1H3,(H3,18,19,20,21)/t10-/m0/s1. The Morgan fingerprint density at radius 3 is 2.92 bits per heavy atom. The number of nitrogens with zero attached hydrogens (tertiary/aromatic N) is 4. The first-order valence-corrected chi connectivity index (χ1v) is 8.03. The molecule has 0 aliphatic carbocycles. The third kappa shape index (κ3) is 3.76. The van der Waals surface area contributed by atoms with Crippen LogP contribution in [0.2, 0.25) is 0 Å². The molecule has 2 aromatic rings. The Kier molecular flexibility index (Phi) is 4.64. The van der Waals surface area contributed by atoms with Crippen molar-refractivity contribution in [3.8, 4) is 0 Å². The molecule has 0 saturated carbocycles. The summed E-state index contributed by atoms with van der Waals surface area (Å²) in [5, 5.41) is 14.3. The zero-order chi connectivity index (χ0) is 18.0. The minimum Gasteiger partial charge on any atom is -0.378 e. The molecule has 0 unspecified atom stereocenters. The molecule has 8 nitrogen and oxygen atoms in total. The molecular formula is C16H19FN6O2. The van der Waals surface area contributed by atoms with Crippen LogP contribution in [-0.2, 0) is 0 Å². The van der Waals surface area contributed by atoms with E-state index in [0.717, 1.165) is 12.8 Å². The molecule has 1 aromatic heterocycles. The Morgan fingerprint density at radius 1 is 1.44 bits per heavy atom. The van der Waals surface area contributed by atoms with E-state index < -0.39 is 10.7 Å². The quantitative estimate of drug-likeness (QED) is 0.646. The van der Waals surface area contributed by atoms with Gasteiger partial charge in [0.05, 0.1) is 4.92 Å². The predicted octanol–water partition coefficient (Wildman–Crippen LogP) is 3.09. The number of halogens is 1. The van der Waals surface area contributed by atoms with E-state index in [1.807, 2.05) is 4.90 Å². The number of hydrogen-bond acceptors (Lipinski definition) is 7. The van der Waals surface area contributed by atoms with E-state index in [0.29, 0.717) is 24.7 Å².